The van der Waals surface area contributed by atoms with Gasteiger partial charge in [-0.3, -0.25) is 9.69 Å². The van der Waals surface area contributed by atoms with E-state index < -0.39 is 5.82 Å². The third-order valence-corrected chi connectivity index (χ3v) is 5.19. The number of aryl methyl sites for hydroxylation is 1. The molecule has 0 saturated heterocycles. The molecular formula is C20H22FN3OS. The Morgan fingerprint density at radius 3 is 2.62 bits per heavy atom. The second-order valence-corrected chi connectivity index (χ2v) is 7.55. The first-order valence-corrected chi connectivity index (χ1v) is 9.35. The molecule has 0 fully saturated rings. The summed E-state index contributed by atoms with van der Waals surface area (Å²) in [6.07, 6.45) is 0.808. The van der Waals surface area contributed by atoms with Crippen LogP contribution in [0.4, 0.5) is 9.52 Å². The van der Waals surface area contributed by atoms with E-state index in [4.69, 9.17) is 4.98 Å². The van der Waals surface area contributed by atoms with Crippen molar-refractivity contribution in [1.29, 1.82) is 0 Å². The molecule has 136 valence electrons. The van der Waals surface area contributed by atoms with E-state index in [2.05, 4.69) is 4.90 Å². The molecule has 3 rings (SSSR count). The highest BCUT2D eigenvalue weighted by Gasteiger charge is 2.21. The highest BCUT2D eigenvalue weighted by molar-refractivity contribution is 7.22. The normalized spacial score (nSPS) is 11.3. The van der Waals surface area contributed by atoms with Gasteiger partial charge in [0.25, 0.3) is 5.91 Å². The van der Waals surface area contributed by atoms with E-state index in [0.717, 1.165) is 28.7 Å². The van der Waals surface area contributed by atoms with Gasteiger partial charge in [-0.1, -0.05) is 29.5 Å². The van der Waals surface area contributed by atoms with Crippen LogP contribution < -0.4 is 4.90 Å². The Labute approximate surface area is 156 Å². The summed E-state index contributed by atoms with van der Waals surface area (Å²) in [5.74, 6) is -0.635. The monoisotopic (exact) mass is 371 g/mol. The zero-order chi connectivity index (χ0) is 18.7. The predicted octanol–water partition coefficient (Wildman–Crippen LogP) is 4.34. The molecule has 0 bridgehead atoms. The number of aromatic nitrogens is 1. The Kier molecular flexibility index (Phi) is 5.64. The number of thiazole rings is 1. The van der Waals surface area contributed by atoms with Gasteiger partial charge in [0.2, 0.25) is 0 Å². The van der Waals surface area contributed by atoms with Gasteiger partial charge >= 0.3 is 0 Å². The molecule has 6 heteroatoms. The van der Waals surface area contributed by atoms with Crippen molar-refractivity contribution in [2.24, 2.45) is 0 Å². The Bertz CT molecular complexity index is 922. The number of fused-ring (bicyclic) bond motifs is 1. The Morgan fingerprint density at radius 2 is 1.92 bits per heavy atom. The number of anilines is 1. The molecule has 2 aromatic carbocycles. The molecule has 26 heavy (non-hydrogen) atoms. The van der Waals surface area contributed by atoms with Gasteiger partial charge in [-0.25, -0.2) is 9.37 Å². The van der Waals surface area contributed by atoms with E-state index in [1.807, 2.05) is 39.2 Å². The molecule has 4 nitrogen and oxygen atoms in total. The smallest absolute Gasteiger partial charge is 0.260 e. The van der Waals surface area contributed by atoms with Crippen LogP contribution in [0.5, 0.6) is 0 Å². The fraction of sp³-hybridized carbons (Fsp3) is 0.300. The molecule has 0 aliphatic heterocycles. The van der Waals surface area contributed by atoms with E-state index in [-0.39, 0.29) is 5.91 Å². The summed E-state index contributed by atoms with van der Waals surface area (Å²) in [4.78, 5) is 21.5. The van der Waals surface area contributed by atoms with Crippen LogP contribution in [0.3, 0.4) is 0 Å². The van der Waals surface area contributed by atoms with Crippen molar-refractivity contribution in [3.8, 4) is 0 Å². The highest BCUT2D eigenvalue weighted by atomic mass is 32.1. The highest BCUT2D eigenvalue weighted by Crippen LogP contribution is 2.31. The van der Waals surface area contributed by atoms with Gasteiger partial charge < -0.3 is 4.90 Å². The second kappa shape index (κ2) is 7.93. The topological polar surface area (TPSA) is 36.4 Å². The van der Waals surface area contributed by atoms with Gasteiger partial charge in [0, 0.05) is 12.1 Å². The summed E-state index contributed by atoms with van der Waals surface area (Å²) < 4.78 is 14.6. The zero-order valence-electron chi connectivity index (χ0n) is 15.2. The molecule has 0 saturated carbocycles. The predicted molar refractivity (Wildman–Crippen MR) is 106 cm³/mol. The van der Waals surface area contributed by atoms with E-state index >= 15 is 0 Å². The minimum atomic E-state index is -0.413. The first kappa shape index (κ1) is 18.5. The molecule has 1 aromatic heterocycles. The summed E-state index contributed by atoms with van der Waals surface area (Å²) >= 11 is 1.49. The van der Waals surface area contributed by atoms with Crippen LogP contribution in [0.2, 0.25) is 0 Å². The number of para-hydroxylation sites is 1. The fourth-order valence-electron chi connectivity index (χ4n) is 2.80. The Hall–Kier alpha value is -2.31. The number of carbonyl (C=O) groups is 1. The largest absolute Gasteiger partial charge is 0.309 e. The van der Waals surface area contributed by atoms with Crippen LogP contribution in [0.15, 0.2) is 42.5 Å². The van der Waals surface area contributed by atoms with Crippen molar-refractivity contribution in [2.45, 2.75) is 13.3 Å². The van der Waals surface area contributed by atoms with Crippen LogP contribution in [0, 0.1) is 12.7 Å². The van der Waals surface area contributed by atoms with Crippen LogP contribution in [0.1, 0.15) is 22.3 Å². The second-order valence-electron chi connectivity index (χ2n) is 6.54. The lowest BCUT2D eigenvalue weighted by Gasteiger charge is -2.21. The Balaban J connectivity index is 1.96. The number of hydrogen-bond donors (Lipinski definition) is 0. The fourth-order valence-corrected chi connectivity index (χ4v) is 3.86. The van der Waals surface area contributed by atoms with Crippen LogP contribution in [-0.4, -0.2) is 43.0 Å². The molecule has 0 spiro atoms. The molecule has 0 aliphatic rings. The van der Waals surface area contributed by atoms with Gasteiger partial charge in [-0.05, 0) is 63.8 Å². The molecule has 0 N–H and O–H groups in total. The van der Waals surface area contributed by atoms with Crippen LogP contribution in [0.25, 0.3) is 10.2 Å². The summed E-state index contributed by atoms with van der Waals surface area (Å²) in [5.41, 5.74) is 2.33. The molecule has 1 amide bonds. The number of nitrogens with zero attached hydrogens (tertiary/aromatic N) is 3. The van der Waals surface area contributed by atoms with Crippen molar-refractivity contribution in [1.82, 2.24) is 9.88 Å². The summed E-state index contributed by atoms with van der Waals surface area (Å²) in [6, 6.07) is 11.8. The summed E-state index contributed by atoms with van der Waals surface area (Å²) in [7, 11) is 4.00. The third-order valence-electron chi connectivity index (χ3n) is 4.14. The minimum Gasteiger partial charge on any atom is -0.309 e. The van der Waals surface area contributed by atoms with Gasteiger partial charge in [0.05, 0.1) is 10.2 Å². The van der Waals surface area contributed by atoms with Gasteiger partial charge in [-0.2, -0.15) is 0 Å². The van der Waals surface area contributed by atoms with E-state index in [1.165, 1.54) is 23.5 Å². The molecular weight excluding hydrogens is 349 g/mol. The Morgan fingerprint density at radius 1 is 1.15 bits per heavy atom. The van der Waals surface area contributed by atoms with Crippen molar-refractivity contribution in [3.63, 3.8) is 0 Å². The van der Waals surface area contributed by atoms with E-state index in [0.29, 0.717) is 17.2 Å². The van der Waals surface area contributed by atoms with Crippen LogP contribution in [-0.2, 0) is 0 Å². The maximum Gasteiger partial charge on any atom is 0.260 e. The van der Waals surface area contributed by atoms with Gasteiger partial charge in [0.15, 0.2) is 5.13 Å². The first-order valence-electron chi connectivity index (χ1n) is 8.54. The molecule has 3 aromatic rings. The number of hydrogen-bond acceptors (Lipinski definition) is 4. The average molecular weight is 371 g/mol. The molecule has 0 atom stereocenters. The van der Waals surface area contributed by atoms with E-state index in [9.17, 15) is 9.18 Å². The van der Waals surface area contributed by atoms with Crippen molar-refractivity contribution < 1.29 is 9.18 Å². The van der Waals surface area contributed by atoms with Gasteiger partial charge in [0.1, 0.15) is 5.82 Å². The third kappa shape index (κ3) is 4.08. The maximum absolute atomic E-state index is 13.6. The lowest BCUT2D eigenvalue weighted by molar-refractivity contribution is 0.0985. The summed E-state index contributed by atoms with van der Waals surface area (Å²) in [6.45, 7) is 3.40. The lowest BCUT2D eigenvalue weighted by Crippen LogP contribution is -2.33. The molecule has 1 heterocycles. The standard InChI is InChI=1S/C20H22FN3OS/c1-14-7-4-10-17-18(14)22-20(26-17)24(12-6-11-23(2)3)19(25)15-8-5-9-16(21)13-15/h4-5,7-10,13H,6,11-12H2,1-3H3. The number of rotatable bonds is 6. The quantitative estimate of drug-likeness (QED) is 0.647. The number of benzene rings is 2. The average Bonchev–Trinajstić information content (AvgIpc) is 3.03. The molecule has 0 radical (unpaired) electrons. The lowest BCUT2D eigenvalue weighted by atomic mass is 10.2. The SMILES string of the molecule is Cc1cccc2sc(N(CCCN(C)C)C(=O)c3cccc(F)c3)nc12. The maximum atomic E-state index is 13.6. The number of carbonyl (C=O) groups excluding carboxylic acids is 1. The number of halogens is 1. The minimum absolute atomic E-state index is 0.222. The zero-order valence-corrected chi connectivity index (χ0v) is 16.0. The van der Waals surface area contributed by atoms with Crippen LogP contribution >= 0.6 is 11.3 Å². The van der Waals surface area contributed by atoms with Crippen molar-refractivity contribution in [2.75, 3.05) is 32.1 Å². The van der Waals surface area contributed by atoms with Gasteiger partial charge in [-0.15, -0.1) is 0 Å². The summed E-state index contributed by atoms with van der Waals surface area (Å²) in [5, 5.41) is 0.655. The molecule has 0 unspecified atom stereocenters. The van der Waals surface area contributed by atoms with Crippen molar-refractivity contribution in [3.05, 3.63) is 59.4 Å². The first-order chi connectivity index (χ1) is 12.5. The van der Waals surface area contributed by atoms with E-state index in [1.54, 1.807) is 17.0 Å². The number of amides is 1. The van der Waals surface area contributed by atoms with Crippen molar-refractivity contribution >= 4 is 32.6 Å². The molecule has 0 aliphatic carbocycles.